The summed E-state index contributed by atoms with van der Waals surface area (Å²) < 4.78 is 10.5. The molecule has 0 spiro atoms. The Labute approximate surface area is 96.8 Å². The minimum atomic E-state index is 0.466. The predicted molar refractivity (Wildman–Crippen MR) is 64.1 cm³/mol. The van der Waals surface area contributed by atoms with Crippen LogP contribution in [0, 0.1) is 0 Å². The van der Waals surface area contributed by atoms with Crippen molar-refractivity contribution in [1.29, 1.82) is 0 Å². The molecule has 3 nitrogen and oxygen atoms in total. The summed E-state index contributed by atoms with van der Waals surface area (Å²) in [5.41, 5.74) is 1.29. The van der Waals surface area contributed by atoms with E-state index in [1.807, 2.05) is 6.07 Å². The summed E-state index contributed by atoms with van der Waals surface area (Å²) in [6.07, 6.45) is 3.78. The van der Waals surface area contributed by atoms with Gasteiger partial charge in [0.05, 0.1) is 14.2 Å². The molecule has 1 aromatic carbocycles. The minimum Gasteiger partial charge on any atom is -0.493 e. The first-order valence-corrected chi connectivity index (χ1v) is 5.80. The standard InChI is InChI=1S/C13H19NO2/c1-15-12-7-6-10(9-13(12)16-2)11-5-3-4-8-14-11/h6-7,9,11,14H,3-5,8H2,1-2H3/t11-/m0/s1. The third-order valence-corrected chi connectivity index (χ3v) is 3.12. The van der Waals surface area contributed by atoms with E-state index in [0.717, 1.165) is 18.0 Å². The highest BCUT2D eigenvalue weighted by Crippen LogP contribution is 2.32. The van der Waals surface area contributed by atoms with Crippen molar-refractivity contribution in [2.45, 2.75) is 25.3 Å². The summed E-state index contributed by atoms with van der Waals surface area (Å²) in [5, 5.41) is 3.53. The fourth-order valence-corrected chi connectivity index (χ4v) is 2.21. The van der Waals surface area contributed by atoms with Gasteiger partial charge in [0.2, 0.25) is 0 Å². The highest BCUT2D eigenvalue weighted by Gasteiger charge is 2.16. The first-order valence-electron chi connectivity index (χ1n) is 5.80. The Kier molecular flexibility index (Phi) is 3.67. The Balaban J connectivity index is 2.20. The van der Waals surface area contributed by atoms with E-state index in [0.29, 0.717) is 6.04 Å². The molecule has 1 N–H and O–H groups in total. The van der Waals surface area contributed by atoms with E-state index in [4.69, 9.17) is 9.47 Å². The second-order valence-corrected chi connectivity index (χ2v) is 4.12. The van der Waals surface area contributed by atoms with Gasteiger partial charge in [-0.15, -0.1) is 0 Å². The van der Waals surface area contributed by atoms with E-state index in [9.17, 15) is 0 Å². The lowest BCUT2D eigenvalue weighted by molar-refractivity contribution is 0.352. The second-order valence-electron chi connectivity index (χ2n) is 4.12. The fraction of sp³-hybridized carbons (Fsp3) is 0.538. The zero-order valence-corrected chi connectivity index (χ0v) is 9.95. The summed E-state index contributed by atoms with van der Waals surface area (Å²) in [6, 6.07) is 6.63. The lowest BCUT2D eigenvalue weighted by Crippen LogP contribution is -2.26. The molecule has 1 atom stereocenters. The van der Waals surface area contributed by atoms with Crippen molar-refractivity contribution in [2.75, 3.05) is 20.8 Å². The third kappa shape index (κ3) is 2.30. The number of hydrogen-bond donors (Lipinski definition) is 1. The third-order valence-electron chi connectivity index (χ3n) is 3.12. The predicted octanol–water partition coefficient (Wildman–Crippen LogP) is 2.52. The zero-order valence-electron chi connectivity index (χ0n) is 9.95. The SMILES string of the molecule is COc1ccc([C@@H]2CCCCN2)cc1OC. The summed E-state index contributed by atoms with van der Waals surface area (Å²) in [4.78, 5) is 0. The molecule has 0 aromatic heterocycles. The maximum absolute atomic E-state index is 5.31. The van der Waals surface area contributed by atoms with Gasteiger partial charge in [0, 0.05) is 6.04 Å². The molecule has 1 heterocycles. The van der Waals surface area contributed by atoms with Crippen LogP contribution in [-0.4, -0.2) is 20.8 Å². The fourth-order valence-electron chi connectivity index (χ4n) is 2.21. The first-order chi connectivity index (χ1) is 7.85. The Morgan fingerprint density at radius 2 is 1.94 bits per heavy atom. The summed E-state index contributed by atoms with van der Waals surface area (Å²) >= 11 is 0. The van der Waals surface area contributed by atoms with Gasteiger partial charge in [-0.1, -0.05) is 12.5 Å². The molecule has 3 heteroatoms. The largest absolute Gasteiger partial charge is 0.493 e. The van der Waals surface area contributed by atoms with Gasteiger partial charge in [-0.25, -0.2) is 0 Å². The van der Waals surface area contributed by atoms with Gasteiger partial charge in [-0.2, -0.15) is 0 Å². The molecule has 1 aromatic rings. The first kappa shape index (κ1) is 11.3. The lowest BCUT2D eigenvalue weighted by Gasteiger charge is -2.24. The molecule has 1 aliphatic rings. The number of rotatable bonds is 3. The average Bonchev–Trinajstić information content (AvgIpc) is 2.39. The number of methoxy groups -OCH3 is 2. The van der Waals surface area contributed by atoms with Crippen LogP contribution in [0.3, 0.4) is 0 Å². The molecule has 0 saturated carbocycles. The van der Waals surface area contributed by atoms with Gasteiger partial charge in [-0.05, 0) is 37.1 Å². The van der Waals surface area contributed by atoms with E-state index in [2.05, 4.69) is 17.4 Å². The smallest absolute Gasteiger partial charge is 0.161 e. The molecular weight excluding hydrogens is 202 g/mol. The molecule has 1 aliphatic heterocycles. The zero-order chi connectivity index (χ0) is 11.4. The Morgan fingerprint density at radius 3 is 2.56 bits per heavy atom. The minimum absolute atomic E-state index is 0.466. The van der Waals surface area contributed by atoms with E-state index >= 15 is 0 Å². The molecule has 0 unspecified atom stereocenters. The number of benzene rings is 1. The number of hydrogen-bond acceptors (Lipinski definition) is 3. The molecule has 0 amide bonds. The van der Waals surface area contributed by atoms with Gasteiger partial charge < -0.3 is 14.8 Å². The van der Waals surface area contributed by atoms with E-state index in [-0.39, 0.29) is 0 Å². The Bertz CT molecular complexity index is 346. The van der Waals surface area contributed by atoms with Gasteiger partial charge in [-0.3, -0.25) is 0 Å². The van der Waals surface area contributed by atoms with Crippen LogP contribution in [-0.2, 0) is 0 Å². The summed E-state index contributed by atoms with van der Waals surface area (Å²) in [7, 11) is 3.34. The van der Waals surface area contributed by atoms with Crippen LogP contribution in [0.1, 0.15) is 30.9 Å². The molecule has 2 rings (SSSR count). The lowest BCUT2D eigenvalue weighted by atomic mass is 9.97. The maximum Gasteiger partial charge on any atom is 0.161 e. The van der Waals surface area contributed by atoms with Gasteiger partial charge >= 0.3 is 0 Å². The molecule has 16 heavy (non-hydrogen) atoms. The number of nitrogens with one attached hydrogen (secondary N) is 1. The Morgan fingerprint density at radius 1 is 1.12 bits per heavy atom. The van der Waals surface area contributed by atoms with Crippen LogP contribution in [0.25, 0.3) is 0 Å². The molecular formula is C13H19NO2. The van der Waals surface area contributed by atoms with E-state index < -0.39 is 0 Å². The normalized spacial score (nSPS) is 20.5. The Hall–Kier alpha value is -1.22. The summed E-state index contributed by atoms with van der Waals surface area (Å²) in [5.74, 6) is 1.61. The monoisotopic (exact) mass is 221 g/mol. The summed E-state index contributed by atoms with van der Waals surface area (Å²) in [6.45, 7) is 1.11. The maximum atomic E-state index is 5.31. The van der Waals surface area contributed by atoms with E-state index in [1.54, 1.807) is 14.2 Å². The average molecular weight is 221 g/mol. The molecule has 0 radical (unpaired) electrons. The molecule has 0 bridgehead atoms. The van der Waals surface area contributed by atoms with Crippen molar-refractivity contribution >= 4 is 0 Å². The highest BCUT2D eigenvalue weighted by molar-refractivity contribution is 5.43. The van der Waals surface area contributed by atoms with E-state index in [1.165, 1.54) is 24.8 Å². The van der Waals surface area contributed by atoms with Crippen molar-refractivity contribution in [3.63, 3.8) is 0 Å². The molecule has 88 valence electrons. The quantitative estimate of drug-likeness (QED) is 0.850. The van der Waals surface area contributed by atoms with Crippen LogP contribution < -0.4 is 14.8 Å². The van der Waals surface area contributed by atoms with Gasteiger partial charge in [0.25, 0.3) is 0 Å². The van der Waals surface area contributed by atoms with Gasteiger partial charge in [0.1, 0.15) is 0 Å². The highest BCUT2D eigenvalue weighted by atomic mass is 16.5. The van der Waals surface area contributed by atoms with Crippen LogP contribution in [0.15, 0.2) is 18.2 Å². The van der Waals surface area contributed by atoms with Crippen LogP contribution in [0.2, 0.25) is 0 Å². The second kappa shape index (κ2) is 5.21. The topological polar surface area (TPSA) is 30.5 Å². The molecule has 1 saturated heterocycles. The van der Waals surface area contributed by atoms with Crippen molar-refractivity contribution in [2.24, 2.45) is 0 Å². The van der Waals surface area contributed by atoms with Gasteiger partial charge in [0.15, 0.2) is 11.5 Å². The molecule has 0 aliphatic carbocycles. The van der Waals surface area contributed by atoms with Crippen LogP contribution in [0.5, 0.6) is 11.5 Å². The molecule has 1 fully saturated rings. The van der Waals surface area contributed by atoms with Crippen molar-refractivity contribution in [1.82, 2.24) is 5.32 Å². The van der Waals surface area contributed by atoms with Crippen LogP contribution >= 0.6 is 0 Å². The van der Waals surface area contributed by atoms with Crippen molar-refractivity contribution < 1.29 is 9.47 Å². The van der Waals surface area contributed by atoms with Crippen molar-refractivity contribution in [3.8, 4) is 11.5 Å². The van der Waals surface area contributed by atoms with Crippen molar-refractivity contribution in [3.05, 3.63) is 23.8 Å². The van der Waals surface area contributed by atoms with Crippen LogP contribution in [0.4, 0.5) is 0 Å². The number of ether oxygens (including phenoxy) is 2. The number of piperidine rings is 1.